The molecule has 2 aromatic heterocycles. The molecular weight excluding hydrogens is 455 g/mol. The Balaban J connectivity index is 2.05. The molecule has 0 fully saturated rings. The van der Waals surface area contributed by atoms with Crippen LogP contribution in [0.25, 0.3) is 0 Å². The third-order valence-electron chi connectivity index (χ3n) is 5.22. The quantitative estimate of drug-likeness (QED) is 0.453. The molecule has 0 aliphatic carbocycles. The van der Waals surface area contributed by atoms with Crippen molar-refractivity contribution in [1.82, 2.24) is 14.7 Å². The van der Waals surface area contributed by atoms with Gasteiger partial charge in [-0.1, -0.05) is 44.5 Å². The third-order valence-corrected chi connectivity index (χ3v) is 6.51. The highest BCUT2D eigenvalue weighted by Crippen LogP contribution is 2.33. The van der Waals surface area contributed by atoms with E-state index in [-0.39, 0.29) is 27.4 Å². The smallest absolute Gasteiger partial charge is 0.269 e. The molecule has 0 saturated carbocycles. The van der Waals surface area contributed by atoms with Crippen molar-refractivity contribution in [2.45, 2.75) is 58.9 Å². The molecule has 9 heteroatoms. The first kappa shape index (κ1) is 25.3. The maximum absolute atomic E-state index is 13.9. The average molecular weight is 485 g/mol. The van der Waals surface area contributed by atoms with Crippen LogP contribution in [0.5, 0.6) is 11.6 Å². The van der Waals surface area contributed by atoms with Crippen molar-refractivity contribution in [1.29, 1.82) is 4.78 Å². The number of nitrogens with one attached hydrogen (secondary N) is 2. The summed E-state index contributed by atoms with van der Waals surface area (Å²) in [5.74, 6) is -1.10. The van der Waals surface area contributed by atoms with E-state index in [9.17, 15) is 13.4 Å². The Bertz CT molecular complexity index is 1360. The van der Waals surface area contributed by atoms with E-state index < -0.39 is 21.8 Å². The minimum absolute atomic E-state index is 0.0000615. The second-order valence-corrected chi connectivity index (χ2v) is 11.1. The zero-order valence-corrected chi connectivity index (χ0v) is 21.2. The number of ether oxygens (including phenoxy) is 1. The zero-order chi connectivity index (χ0) is 25.4. The van der Waals surface area contributed by atoms with Gasteiger partial charge in [0.1, 0.15) is 11.3 Å². The first-order valence-corrected chi connectivity index (χ1v) is 12.3. The summed E-state index contributed by atoms with van der Waals surface area (Å²) >= 11 is 0. The van der Waals surface area contributed by atoms with Crippen LogP contribution in [0.3, 0.4) is 0 Å². The van der Waals surface area contributed by atoms with Gasteiger partial charge in [-0.3, -0.25) is 9.52 Å². The molecule has 1 unspecified atom stereocenters. The number of amides is 1. The van der Waals surface area contributed by atoms with Crippen LogP contribution in [0.15, 0.2) is 41.4 Å². The van der Waals surface area contributed by atoms with Crippen LogP contribution >= 0.6 is 0 Å². The summed E-state index contributed by atoms with van der Waals surface area (Å²) in [4.78, 5) is 21.3. The fraction of sp³-hybridized carbons (Fsp3) is 0.320. The van der Waals surface area contributed by atoms with E-state index in [4.69, 9.17) is 9.52 Å². The van der Waals surface area contributed by atoms with E-state index in [0.29, 0.717) is 11.4 Å². The van der Waals surface area contributed by atoms with Crippen LogP contribution in [0, 0.1) is 38.4 Å². The van der Waals surface area contributed by atoms with Crippen LogP contribution < -0.4 is 9.46 Å². The Hall–Kier alpha value is -3.33. The molecule has 0 spiro atoms. The molecule has 1 amide bonds. The number of carbonyl (C=O) groups excluding carboxylic acids is 1. The number of nitrogens with zero attached hydrogens (tertiary/aromatic N) is 2. The molecule has 3 aromatic rings. The van der Waals surface area contributed by atoms with Gasteiger partial charge in [0.25, 0.3) is 5.91 Å². The fourth-order valence-electron chi connectivity index (χ4n) is 3.42. The highest BCUT2D eigenvalue weighted by atomic mass is 32.2. The summed E-state index contributed by atoms with van der Waals surface area (Å²) in [6, 6.07) is 9.75. The summed E-state index contributed by atoms with van der Waals surface area (Å²) in [6.07, 6.45) is 0. The predicted octanol–water partition coefficient (Wildman–Crippen LogP) is 5.69. The minimum atomic E-state index is -3.93. The second-order valence-electron chi connectivity index (χ2n) is 9.37. The molecule has 2 N–H and O–H groups in total. The summed E-state index contributed by atoms with van der Waals surface area (Å²) in [6.45, 7) is 13.2. The van der Waals surface area contributed by atoms with Gasteiger partial charge in [-0.25, -0.2) is 19.0 Å². The number of carbonyl (C=O) groups is 1. The van der Waals surface area contributed by atoms with Gasteiger partial charge < -0.3 is 4.74 Å². The molecule has 0 bridgehead atoms. The fourth-order valence-corrected chi connectivity index (χ4v) is 4.36. The van der Waals surface area contributed by atoms with E-state index in [1.165, 1.54) is 25.1 Å². The number of halogens is 1. The van der Waals surface area contributed by atoms with Gasteiger partial charge in [0, 0.05) is 16.7 Å². The number of hydrogen-bond donors (Lipinski definition) is 2. The van der Waals surface area contributed by atoms with Crippen molar-refractivity contribution in [3.63, 3.8) is 0 Å². The second kappa shape index (κ2) is 9.13. The molecule has 0 radical (unpaired) electrons. The first-order chi connectivity index (χ1) is 15.7. The number of hydrogen-bond acceptors (Lipinski definition) is 6. The van der Waals surface area contributed by atoms with Crippen LogP contribution in [-0.4, -0.2) is 20.1 Å². The monoisotopic (exact) mass is 484 g/mol. The van der Waals surface area contributed by atoms with Crippen molar-refractivity contribution in [3.05, 3.63) is 75.9 Å². The largest absolute Gasteiger partial charge is 0.438 e. The molecule has 1 atom stereocenters. The normalized spacial score (nSPS) is 13.3. The Kier molecular flexibility index (Phi) is 6.80. The number of pyridine rings is 2. The first-order valence-electron chi connectivity index (χ1n) is 10.7. The lowest BCUT2D eigenvalue weighted by Crippen LogP contribution is -2.31. The maximum Gasteiger partial charge on any atom is 0.269 e. The molecule has 1 aromatic carbocycles. The molecule has 0 saturated heterocycles. The summed E-state index contributed by atoms with van der Waals surface area (Å²) in [5, 5.41) is -0.379. The lowest BCUT2D eigenvalue weighted by atomic mass is 9.91. The summed E-state index contributed by atoms with van der Waals surface area (Å²) < 4.78 is 43.2. The molecule has 34 heavy (non-hydrogen) atoms. The van der Waals surface area contributed by atoms with E-state index in [2.05, 4.69) is 14.7 Å². The Morgan fingerprint density at radius 3 is 2.18 bits per heavy atom. The highest BCUT2D eigenvalue weighted by Gasteiger charge is 2.25. The van der Waals surface area contributed by atoms with Gasteiger partial charge in [0.05, 0.1) is 0 Å². The van der Waals surface area contributed by atoms with Crippen LogP contribution in [0.2, 0.25) is 0 Å². The molecule has 2 heterocycles. The van der Waals surface area contributed by atoms with Gasteiger partial charge in [0.2, 0.25) is 11.8 Å². The number of aryl methyl sites for hydroxylation is 4. The van der Waals surface area contributed by atoms with Gasteiger partial charge in [-0.15, -0.1) is 0 Å². The van der Waals surface area contributed by atoms with E-state index in [1.807, 2.05) is 53.7 Å². The maximum atomic E-state index is 13.9. The van der Waals surface area contributed by atoms with Gasteiger partial charge in [0.15, 0.2) is 14.9 Å². The molecule has 7 nitrogen and oxygen atoms in total. The van der Waals surface area contributed by atoms with Gasteiger partial charge in [-0.2, -0.15) is 4.39 Å². The van der Waals surface area contributed by atoms with Crippen LogP contribution in [0.4, 0.5) is 4.39 Å². The highest BCUT2D eigenvalue weighted by molar-refractivity contribution is 7.91. The molecule has 0 aliphatic rings. The topological polar surface area (TPSA) is 105 Å². The Morgan fingerprint density at radius 2 is 1.62 bits per heavy atom. The molecule has 180 valence electrons. The van der Waals surface area contributed by atoms with Crippen molar-refractivity contribution >= 4 is 15.8 Å². The third kappa shape index (κ3) is 5.41. The van der Waals surface area contributed by atoms with Gasteiger partial charge in [-0.05, 0) is 57.0 Å². The van der Waals surface area contributed by atoms with Crippen molar-refractivity contribution in [3.8, 4) is 11.6 Å². The number of rotatable bonds is 5. The summed E-state index contributed by atoms with van der Waals surface area (Å²) in [7, 11) is -3.93. The van der Waals surface area contributed by atoms with Crippen molar-refractivity contribution in [2.75, 3.05) is 0 Å². The van der Waals surface area contributed by atoms with Crippen LogP contribution in [0.1, 0.15) is 59.1 Å². The van der Waals surface area contributed by atoms with E-state index >= 15 is 0 Å². The van der Waals surface area contributed by atoms with Crippen LogP contribution in [-0.2, 0) is 15.3 Å². The van der Waals surface area contributed by atoms with E-state index in [1.54, 1.807) is 6.07 Å². The van der Waals surface area contributed by atoms with Crippen molar-refractivity contribution in [2.24, 2.45) is 0 Å². The molecule has 0 aliphatic heterocycles. The summed E-state index contributed by atoms with van der Waals surface area (Å²) in [5.41, 5.74) is 3.42. The standard InChI is InChI=1S/C25H29FN4O3S/c1-14-12-16(3)21(17(4)13-14)33-24-18(9-10-19(28-24)25(5,6)7)23(31)30-34(27,32)20-11-8-15(2)22(26)29-20/h8-13H,1-7H3,(H2,27,30,31,32). The van der Waals surface area contributed by atoms with Gasteiger partial charge >= 0.3 is 0 Å². The SMILES string of the molecule is Cc1cc(C)c(Oc2nc(C(C)(C)C)ccc2C(=O)NS(=N)(=O)c2ccc(C)c(F)n2)c(C)c1. The number of benzene rings is 1. The van der Waals surface area contributed by atoms with Crippen molar-refractivity contribution < 1.29 is 18.1 Å². The van der Waals surface area contributed by atoms with E-state index in [0.717, 1.165) is 16.7 Å². The minimum Gasteiger partial charge on any atom is -0.438 e. The lowest BCUT2D eigenvalue weighted by molar-refractivity contribution is 0.0979. The Morgan fingerprint density at radius 1 is 1.00 bits per heavy atom. The number of aromatic nitrogens is 2. The lowest BCUT2D eigenvalue weighted by Gasteiger charge is -2.21. The average Bonchev–Trinajstić information content (AvgIpc) is 2.71. The zero-order valence-electron chi connectivity index (χ0n) is 20.4. The molecular formula is C25H29FN4O3S. The molecule has 3 rings (SSSR count). The Labute approximate surface area is 199 Å². The predicted molar refractivity (Wildman–Crippen MR) is 129 cm³/mol.